The van der Waals surface area contributed by atoms with Gasteiger partial charge < -0.3 is 23.6 Å². The van der Waals surface area contributed by atoms with E-state index in [0.29, 0.717) is 48.3 Å². The summed E-state index contributed by atoms with van der Waals surface area (Å²) in [5.74, 6) is 2.83. The Kier molecular flexibility index (Phi) is 5.56. The fourth-order valence-corrected chi connectivity index (χ4v) is 3.57. The van der Waals surface area contributed by atoms with Crippen LogP contribution in [0.4, 0.5) is 0 Å². The van der Waals surface area contributed by atoms with Crippen molar-refractivity contribution >= 4 is 5.91 Å². The molecule has 1 fully saturated rings. The molecule has 0 radical (unpaired) electrons. The van der Waals surface area contributed by atoms with E-state index in [0.717, 1.165) is 11.3 Å². The van der Waals surface area contributed by atoms with E-state index in [1.807, 2.05) is 35.2 Å². The van der Waals surface area contributed by atoms with Gasteiger partial charge >= 0.3 is 0 Å². The van der Waals surface area contributed by atoms with Gasteiger partial charge in [0.2, 0.25) is 5.91 Å². The lowest BCUT2D eigenvalue weighted by Crippen LogP contribution is -2.24. The van der Waals surface area contributed by atoms with Gasteiger partial charge in [0.15, 0.2) is 5.82 Å². The van der Waals surface area contributed by atoms with Gasteiger partial charge in [-0.1, -0.05) is 17.3 Å². The third kappa shape index (κ3) is 3.94. The van der Waals surface area contributed by atoms with Gasteiger partial charge in [0, 0.05) is 31.5 Å². The van der Waals surface area contributed by atoms with Crippen LogP contribution in [0.1, 0.15) is 23.7 Å². The van der Waals surface area contributed by atoms with Crippen LogP contribution in [-0.2, 0) is 11.3 Å². The highest BCUT2D eigenvalue weighted by atomic mass is 16.5. The summed E-state index contributed by atoms with van der Waals surface area (Å²) in [7, 11) is 4.79. The van der Waals surface area contributed by atoms with Crippen molar-refractivity contribution in [2.45, 2.75) is 18.9 Å². The molecule has 0 aliphatic carbocycles. The van der Waals surface area contributed by atoms with Gasteiger partial charge in [-0.25, -0.2) is 0 Å². The van der Waals surface area contributed by atoms with Gasteiger partial charge in [0.25, 0.3) is 5.89 Å². The van der Waals surface area contributed by atoms with E-state index in [2.05, 4.69) is 10.1 Å². The second-order valence-electron chi connectivity index (χ2n) is 7.05. The Morgan fingerprint density at radius 1 is 1.07 bits per heavy atom. The normalized spacial score (nSPS) is 16.0. The van der Waals surface area contributed by atoms with E-state index in [1.165, 1.54) is 0 Å². The van der Waals surface area contributed by atoms with Crippen molar-refractivity contribution in [2.24, 2.45) is 0 Å². The van der Waals surface area contributed by atoms with Crippen LogP contribution in [0.2, 0.25) is 0 Å². The second kappa shape index (κ2) is 8.44. The first-order valence-corrected chi connectivity index (χ1v) is 9.58. The molecule has 2 aromatic carbocycles. The zero-order valence-corrected chi connectivity index (χ0v) is 17.1. The van der Waals surface area contributed by atoms with Crippen molar-refractivity contribution in [3.05, 3.63) is 53.9 Å². The van der Waals surface area contributed by atoms with Gasteiger partial charge in [-0.2, -0.15) is 4.98 Å². The maximum Gasteiger partial charge on any atom is 0.261 e. The molecule has 3 aromatic rings. The van der Waals surface area contributed by atoms with Crippen LogP contribution in [0, 0.1) is 0 Å². The number of methoxy groups -OCH3 is 3. The summed E-state index contributed by atoms with van der Waals surface area (Å²) in [6.45, 7) is 1.05. The summed E-state index contributed by atoms with van der Waals surface area (Å²) < 4.78 is 21.4. The standard InChI is InChI=1S/C22H23N3O5/c1-27-16-6-4-5-14(9-16)12-25-13-15(10-20(25)26)21-23-22(30-24-21)18-8-7-17(28-2)11-19(18)29-3/h4-9,11,15H,10,12-13H2,1-3H3. The predicted molar refractivity (Wildman–Crippen MR) is 109 cm³/mol. The van der Waals surface area contributed by atoms with Gasteiger partial charge in [0.1, 0.15) is 17.2 Å². The molecule has 0 spiro atoms. The molecule has 2 heterocycles. The molecule has 30 heavy (non-hydrogen) atoms. The molecule has 1 amide bonds. The van der Waals surface area contributed by atoms with Crippen molar-refractivity contribution < 1.29 is 23.5 Å². The fourth-order valence-electron chi connectivity index (χ4n) is 3.57. The highest BCUT2D eigenvalue weighted by Gasteiger charge is 2.34. The molecule has 1 atom stereocenters. The van der Waals surface area contributed by atoms with Crippen LogP contribution in [0.25, 0.3) is 11.5 Å². The van der Waals surface area contributed by atoms with Crippen molar-refractivity contribution in [2.75, 3.05) is 27.9 Å². The molecule has 0 N–H and O–H groups in total. The molecule has 1 unspecified atom stereocenters. The average Bonchev–Trinajstić information content (AvgIpc) is 3.40. The number of ether oxygens (including phenoxy) is 3. The lowest BCUT2D eigenvalue weighted by atomic mass is 10.1. The van der Waals surface area contributed by atoms with E-state index < -0.39 is 0 Å². The smallest absolute Gasteiger partial charge is 0.261 e. The van der Waals surface area contributed by atoms with Gasteiger partial charge in [-0.3, -0.25) is 4.79 Å². The van der Waals surface area contributed by atoms with Crippen molar-refractivity contribution in [3.63, 3.8) is 0 Å². The number of hydrogen-bond acceptors (Lipinski definition) is 7. The van der Waals surface area contributed by atoms with Crippen LogP contribution in [0.5, 0.6) is 17.2 Å². The van der Waals surface area contributed by atoms with Crippen LogP contribution >= 0.6 is 0 Å². The minimum Gasteiger partial charge on any atom is -0.497 e. The van der Waals surface area contributed by atoms with Crippen LogP contribution < -0.4 is 14.2 Å². The lowest BCUT2D eigenvalue weighted by molar-refractivity contribution is -0.128. The summed E-state index contributed by atoms with van der Waals surface area (Å²) in [5.41, 5.74) is 1.69. The maximum atomic E-state index is 12.5. The van der Waals surface area contributed by atoms with Crippen LogP contribution in [0.3, 0.4) is 0 Å². The van der Waals surface area contributed by atoms with E-state index >= 15 is 0 Å². The molecule has 1 saturated heterocycles. The molecular weight excluding hydrogens is 386 g/mol. The van der Waals surface area contributed by atoms with Crippen LogP contribution in [0.15, 0.2) is 47.0 Å². The number of aromatic nitrogens is 2. The average molecular weight is 409 g/mol. The molecule has 1 aromatic heterocycles. The third-order valence-corrected chi connectivity index (χ3v) is 5.17. The Morgan fingerprint density at radius 2 is 1.87 bits per heavy atom. The molecule has 0 bridgehead atoms. The van der Waals surface area contributed by atoms with Crippen molar-refractivity contribution in [1.29, 1.82) is 0 Å². The molecule has 4 rings (SSSR count). The highest BCUT2D eigenvalue weighted by Crippen LogP contribution is 2.34. The molecule has 1 aliphatic rings. The third-order valence-electron chi connectivity index (χ3n) is 5.17. The minimum absolute atomic E-state index is 0.0659. The molecular formula is C22H23N3O5. The first-order valence-electron chi connectivity index (χ1n) is 9.58. The van der Waals surface area contributed by atoms with E-state index in [9.17, 15) is 4.79 Å². The van der Waals surface area contributed by atoms with E-state index in [-0.39, 0.29) is 11.8 Å². The van der Waals surface area contributed by atoms with Crippen molar-refractivity contribution in [1.82, 2.24) is 15.0 Å². The number of rotatable bonds is 7. The van der Waals surface area contributed by atoms with E-state index in [4.69, 9.17) is 18.7 Å². The zero-order valence-electron chi connectivity index (χ0n) is 17.1. The predicted octanol–water partition coefficient (Wildman–Crippen LogP) is 3.28. The number of carbonyl (C=O) groups is 1. The SMILES string of the molecule is COc1cccc(CN2CC(c3noc(-c4ccc(OC)cc4OC)n3)CC2=O)c1. The van der Waals surface area contributed by atoms with Gasteiger partial charge in [-0.15, -0.1) is 0 Å². The van der Waals surface area contributed by atoms with Gasteiger partial charge in [-0.05, 0) is 29.8 Å². The lowest BCUT2D eigenvalue weighted by Gasteiger charge is -2.16. The van der Waals surface area contributed by atoms with Gasteiger partial charge in [0.05, 0.1) is 26.9 Å². The summed E-state index contributed by atoms with van der Waals surface area (Å²) in [6.07, 6.45) is 0.350. The quantitative estimate of drug-likeness (QED) is 0.592. The number of carbonyl (C=O) groups excluding carboxylic acids is 1. The Labute approximate surface area is 174 Å². The summed E-state index contributed by atoms with van der Waals surface area (Å²) in [6, 6.07) is 13.1. The summed E-state index contributed by atoms with van der Waals surface area (Å²) in [5, 5.41) is 4.12. The Hall–Kier alpha value is -3.55. The van der Waals surface area contributed by atoms with E-state index in [1.54, 1.807) is 33.5 Å². The molecule has 8 nitrogen and oxygen atoms in total. The number of amides is 1. The van der Waals surface area contributed by atoms with Crippen LogP contribution in [-0.4, -0.2) is 48.8 Å². The zero-order chi connectivity index (χ0) is 21.1. The number of nitrogens with zero attached hydrogens (tertiary/aromatic N) is 3. The Morgan fingerprint density at radius 3 is 2.63 bits per heavy atom. The summed E-state index contributed by atoms with van der Waals surface area (Å²) in [4.78, 5) is 18.9. The Balaban J connectivity index is 1.50. The second-order valence-corrected chi connectivity index (χ2v) is 7.05. The maximum absolute atomic E-state index is 12.5. The minimum atomic E-state index is -0.121. The first-order chi connectivity index (χ1) is 14.6. The summed E-state index contributed by atoms with van der Waals surface area (Å²) >= 11 is 0. The highest BCUT2D eigenvalue weighted by molar-refractivity contribution is 5.79. The monoisotopic (exact) mass is 409 g/mol. The number of hydrogen-bond donors (Lipinski definition) is 0. The molecule has 1 aliphatic heterocycles. The molecule has 0 saturated carbocycles. The topological polar surface area (TPSA) is 86.9 Å². The molecule has 156 valence electrons. The first kappa shape index (κ1) is 19.8. The fraction of sp³-hybridized carbons (Fsp3) is 0.318. The van der Waals surface area contributed by atoms with Crippen molar-refractivity contribution in [3.8, 4) is 28.7 Å². The number of likely N-dealkylation sites (tertiary alicyclic amines) is 1. The largest absolute Gasteiger partial charge is 0.497 e. The molecule has 8 heteroatoms. The number of benzene rings is 2. The Bertz CT molecular complexity index is 1050.